The van der Waals surface area contributed by atoms with Crippen LogP contribution in [-0.2, 0) is 16.4 Å². The van der Waals surface area contributed by atoms with Crippen LogP contribution in [0.5, 0.6) is 0 Å². The summed E-state index contributed by atoms with van der Waals surface area (Å²) in [4.78, 5) is 11.3. The highest BCUT2D eigenvalue weighted by molar-refractivity contribution is 7.90. The molecule has 1 aliphatic carbocycles. The third-order valence-electron chi connectivity index (χ3n) is 5.25. The average Bonchev–Trinajstić information content (AvgIpc) is 3.28. The lowest BCUT2D eigenvalue weighted by molar-refractivity contribution is 0.0695. The first kappa shape index (κ1) is 16.5. The van der Waals surface area contributed by atoms with Gasteiger partial charge in [0.2, 0.25) is 10.0 Å². The summed E-state index contributed by atoms with van der Waals surface area (Å²) in [6.07, 6.45) is 3.82. The molecule has 0 aromatic heterocycles. The van der Waals surface area contributed by atoms with Crippen molar-refractivity contribution >= 4 is 16.0 Å². The zero-order valence-corrected chi connectivity index (χ0v) is 14.2. The van der Waals surface area contributed by atoms with Crippen molar-refractivity contribution in [3.63, 3.8) is 0 Å². The number of piperidine rings is 1. The molecule has 1 N–H and O–H groups in total. The highest BCUT2D eigenvalue weighted by Crippen LogP contribution is 2.45. The standard InChI is InChI=1S/C17H23NO4S/c1-17(8-9-17)23(21,22)18-10-6-13(7-11-18)12-14-4-2-3-5-15(14)16(19)20/h2-5,13H,6-12H2,1H3,(H,19,20). The monoisotopic (exact) mass is 337 g/mol. The number of hydrogen-bond acceptors (Lipinski definition) is 3. The Kier molecular flexibility index (Phi) is 4.23. The van der Waals surface area contributed by atoms with Gasteiger partial charge in [-0.1, -0.05) is 18.2 Å². The van der Waals surface area contributed by atoms with E-state index in [1.807, 2.05) is 19.1 Å². The molecule has 0 bridgehead atoms. The number of aromatic carboxylic acids is 1. The molecule has 5 nitrogen and oxygen atoms in total. The van der Waals surface area contributed by atoms with E-state index in [1.54, 1.807) is 16.4 Å². The van der Waals surface area contributed by atoms with Crippen LogP contribution in [0.15, 0.2) is 24.3 Å². The summed E-state index contributed by atoms with van der Waals surface area (Å²) in [7, 11) is -3.17. The van der Waals surface area contributed by atoms with Crippen molar-refractivity contribution in [3.8, 4) is 0 Å². The molecule has 1 aromatic rings. The number of sulfonamides is 1. The number of nitrogens with zero attached hydrogens (tertiary/aromatic N) is 1. The van der Waals surface area contributed by atoms with Crippen molar-refractivity contribution in [1.82, 2.24) is 4.31 Å². The Morgan fingerprint density at radius 2 is 1.87 bits per heavy atom. The van der Waals surface area contributed by atoms with Crippen molar-refractivity contribution < 1.29 is 18.3 Å². The molecule has 0 amide bonds. The lowest BCUT2D eigenvalue weighted by Gasteiger charge is -2.33. The maximum atomic E-state index is 12.5. The van der Waals surface area contributed by atoms with E-state index < -0.39 is 20.7 Å². The van der Waals surface area contributed by atoms with Gasteiger partial charge in [-0.05, 0) is 56.6 Å². The normalized spacial score (nSPS) is 22.0. The Bertz CT molecular complexity index is 701. The van der Waals surface area contributed by atoms with Gasteiger partial charge in [0.05, 0.1) is 10.3 Å². The van der Waals surface area contributed by atoms with E-state index in [9.17, 15) is 18.3 Å². The van der Waals surface area contributed by atoms with E-state index in [4.69, 9.17) is 0 Å². The van der Waals surface area contributed by atoms with E-state index in [0.29, 0.717) is 31.0 Å². The minimum absolute atomic E-state index is 0.342. The Labute approximate surface area is 137 Å². The van der Waals surface area contributed by atoms with Crippen LogP contribution < -0.4 is 0 Å². The van der Waals surface area contributed by atoms with Gasteiger partial charge in [-0.25, -0.2) is 17.5 Å². The number of carboxylic acid groups (broad SMARTS) is 1. The fourth-order valence-corrected chi connectivity index (χ4v) is 5.25. The number of hydrogen-bond donors (Lipinski definition) is 1. The van der Waals surface area contributed by atoms with Gasteiger partial charge in [0.15, 0.2) is 0 Å². The largest absolute Gasteiger partial charge is 0.478 e. The van der Waals surface area contributed by atoms with Gasteiger partial charge in [0.1, 0.15) is 0 Å². The first-order chi connectivity index (χ1) is 10.8. The van der Waals surface area contributed by atoms with E-state index in [0.717, 1.165) is 31.2 Å². The van der Waals surface area contributed by atoms with Crippen LogP contribution in [0, 0.1) is 5.92 Å². The lowest BCUT2D eigenvalue weighted by atomic mass is 9.89. The van der Waals surface area contributed by atoms with Crippen LogP contribution in [0.25, 0.3) is 0 Å². The maximum Gasteiger partial charge on any atom is 0.335 e. The fourth-order valence-electron chi connectivity index (χ4n) is 3.32. The van der Waals surface area contributed by atoms with E-state index in [-0.39, 0.29) is 0 Å². The molecule has 0 radical (unpaired) electrons. The summed E-state index contributed by atoms with van der Waals surface area (Å²) in [6.45, 7) is 2.94. The average molecular weight is 337 g/mol. The van der Waals surface area contributed by atoms with Crippen molar-refractivity contribution in [2.45, 2.75) is 43.8 Å². The highest BCUT2D eigenvalue weighted by Gasteiger charge is 2.52. The predicted octanol–water partition coefficient (Wildman–Crippen LogP) is 2.52. The van der Waals surface area contributed by atoms with Crippen LogP contribution >= 0.6 is 0 Å². The zero-order valence-electron chi connectivity index (χ0n) is 13.4. The zero-order chi connectivity index (χ0) is 16.7. The summed E-state index contributed by atoms with van der Waals surface area (Å²) < 4.78 is 26.2. The van der Waals surface area contributed by atoms with Gasteiger partial charge in [-0.2, -0.15) is 0 Å². The second kappa shape index (κ2) is 5.91. The van der Waals surface area contributed by atoms with Gasteiger partial charge in [-0.15, -0.1) is 0 Å². The second-order valence-corrected chi connectivity index (χ2v) is 9.42. The molecule has 0 unspecified atom stereocenters. The predicted molar refractivity (Wildman–Crippen MR) is 88.0 cm³/mol. The molecule has 23 heavy (non-hydrogen) atoms. The van der Waals surface area contributed by atoms with Crippen molar-refractivity contribution in [2.75, 3.05) is 13.1 Å². The van der Waals surface area contributed by atoms with E-state index >= 15 is 0 Å². The molecule has 2 fully saturated rings. The number of carboxylic acids is 1. The Morgan fingerprint density at radius 3 is 2.43 bits per heavy atom. The van der Waals surface area contributed by atoms with Gasteiger partial charge in [-0.3, -0.25) is 0 Å². The van der Waals surface area contributed by atoms with Crippen LogP contribution in [0.4, 0.5) is 0 Å². The van der Waals surface area contributed by atoms with Crippen LogP contribution in [0.3, 0.4) is 0 Å². The SMILES string of the molecule is CC1(S(=O)(=O)N2CCC(Cc3ccccc3C(=O)O)CC2)CC1. The number of benzene rings is 1. The minimum atomic E-state index is -3.17. The topological polar surface area (TPSA) is 74.7 Å². The van der Waals surface area contributed by atoms with Gasteiger partial charge < -0.3 is 5.11 Å². The van der Waals surface area contributed by atoms with Gasteiger partial charge in [0, 0.05) is 13.1 Å². The first-order valence-electron chi connectivity index (χ1n) is 8.14. The second-order valence-electron chi connectivity index (χ2n) is 6.96. The Morgan fingerprint density at radius 1 is 1.26 bits per heavy atom. The van der Waals surface area contributed by atoms with Crippen molar-refractivity contribution in [2.24, 2.45) is 5.92 Å². The minimum Gasteiger partial charge on any atom is -0.478 e. The molecule has 2 aliphatic rings. The molecular formula is C17H23NO4S. The molecule has 126 valence electrons. The molecule has 1 aromatic carbocycles. The summed E-state index contributed by atoms with van der Waals surface area (Å²) >= 11 is 0. The Hall–Kier alpha value is -1.40. The van der Waals surface area contributed by atoms with Crippen LogP contribution in [0.2, 0.25) is 0 Å². The van der Waals surface area contributed by atoms with Gasteiger partial charge >= 0.3 is 5.97 Å². The van der Waals surface area contributed by atoms with Gasteiger partial charge in [0.25, 0.3) is 0 Å². The number of rotatable bonds is 5. The van der Waals surface area contributed by atoms with Crippen LogP contribution in [-0.4, -0.2) is 41.6 Å². The third-order valence-corrected chi connectivity index (χ3v) is 7.95. The van der Waals surface area contributed by atoms with E-state index in [1.165, 1.54) is 0 Å². The first-order valence-corrected chi connectivity index (χ1v) is 9.58. The molecular weight excluding hydrogens is 314 g/mol. The molecule has 1 saturated carbocycles. The van der Waals surface area contributed by atoms with E-state index in [2.05, 4.69) is 0 Å². The molecule has 1 heterocycles. The maximum absolute atomic E-state index is 12.5. The molecule has 0 spiro atoms. The lowest BCUT2D eigenvalue weighted by Crippen LogP contribution is -2.43. The quantitative estimate of drug-likeness (QED) is 0.896. The molecule has 1 aliphatic heterocycles. The fraction of sp³-hybridized carbons (Fsp3) is 0.588. The van der Waals surface area contributed by atoms with Crippen molar-refractivity contribution in [1.29, 1.82) is 0 Å². The summed E-state index contributed by atoms with van der Waals surface area (Å²) in [5.74, 6) is -0.559. The molecule has 6 heteroatoms. The smallest absolute Gasteiger partial charge is 0.335 e. The van der Waals surface area contributed by atoms with Crippen LogP contribution in [0.1, 0.15) is 48.5 Å². The summed E-state index contributed by atoms with van der Waals surface area (Å²) in [5.41, 5.74) is 1.20. The Balaban J connectivity index is 1.63. The summed E-state index contributed by atoms with van der Waals surface area (Å²) in [5, 5.41) is 9.25. The molecule has 3 rings (SSSR count). The molecule has 1 saturated heterocycles. The van der Waals surface area contributed by atoms with Crippen molar-refractivity contribution in [3.05, 3.63) is 35.4 Å². The molecule has 0 atom stereocenters. The highest BCUT2D eigenvalue weighted by atomic mass is 32.2. The third kappa shape index (κ3) is 3.15. The summed E-state index contributed by atoms with van der Waals surface area (Å²) in [6, 6.07) is 7.08. The number of carbonyl (C=O) groups is 1.